The van der Waals surface area contributed by atoms with E-state index in [-0.39, 0.29) is 18.5 Å². The van der Waals surface area contributed by atoms with Gasteiger partial charge in [-0.2, -0.15) is 0 Å². The third-order valence-electron chi connectivity index (χ3n) is 3.95. The number of benzene rings is 1. The van der Waals surface area contributed by atoms with Gasteiger partial charge in [-0.25, -0.2) is 0 Å². The lowest BCUT2D eigenvalue weighted by atomic mass is 10.1. The zero-order chi connectivity index (χ0) is 15.0. The normalized spacial score (nSPS) is 18.2. The number of carbonyl (C=O) groups is 3. The van der Waals surface area contributed by atoms with E-state index in [9.17, 15) is 14.4 Å². The number of fused-ring (bicyclic) bond motifs is 1. The van der Waals surface area contributed by atoms with Crippen LogP contribution in [0.2, 0.25) is 0 Å². The number of halogens is 1. The van der Waals surface area contributed by atoms with Crippen LogP contribution in [0, 0.1) is 0 Å². The Morgan fingerprint density at radius 3 is 2.57 bits per heavy atom. The second kappa shape index (κ2) is 5.60. The van der Waals surface area contributed by atoms with Crippen molar-refractivity contribution in [3.8, 4) is 0 Å². The minimum atomic E-state index is -0.405. The lowest BCUT2D eigenvalue weighted by Crippen LogP contribution is -2.43. The fraction of sp³-hybridized carbons (Fsp3) is 0.400. The van der Waals surface area contributed by atoms with Crippen molar-refractivity contribution in [2.75, 3.05) is 6.54 Å². The van der Waals surface area contributed by atoms with Crippen molar-refractivity contribution in [3.63, 3.8) is 0 Å². The second-order valence-corrected chi connectivity index (χ2v) is 6.35. The summed E-state index contributed by atoms with van der Waals surface area (Å²) in [5.41, 5.74) is 0.708. The van der Waals surface area contributed by atoms with Crippen LogP contribution in [-0.4, -0.2) is 35.2 Å². The van der Waals surface area contributed by atoms with Crippen molar-refractivity contribution in [1.29, 1.82) is 0 Å². The van der Waals surface area contributed by atoms with Crippen LogP contribution in [0.5, 0.6) is 0 Å². The summed E-state index contributed by atoms with van der Waals surface area (Å²) >= 11 is 3.28. The average Bonchev–Trinajstić information content (AvgIpc) is 3.02. The SMILES string of the molecule is O=C(CN1C(=O)c2ccc(Br)cc2C1=O)NC1CCCC1. The summed E-state index contributed by atoms with van der Waals surface area (Å²) in [6, 6.07) is 5.12. The molecule has 1 N–H and O–H groups in total. The standard InChI is InChI=1S/C15H15BrN2O3/c16-9-5-6-11-12(7-9)15(21)18(14(11)20)8-13(19)17-10-3-1-2-4-10/h5-7,10H,1-4,8H2,(H,17,19). The van der Waals surface area contributed by atoms with Gasteiger partial charge in [0.2, 0.25) is 5.91 Å². The first kappa shape index (κ1) is 14.3. The Balaban J connectivity index is 1.71. The fourth-order valence-corrected chi connectivity index (χ4v) is 3.25. The van der Waals surface area contributed by atoms with E-state index in [1.807, 2.05) is 0 Å². The number of carbonyl (C=O) groups excluding carboxylic acids is 3. The Hall–Kier alpha value is -1.69. The number of hydrogen-bond acceptors (Lipinski definition) is 3. The molecular weight excluding hydrogens is 336 g/mol. The van der Waals surface area contributed by atoms with Gasteiger partial charge in [0.05, 0.1) is 11.1 Å². The van der Waals surface area contributed by atoms with E-state index < -0.39 is 11.8 Å². The summed E-state index contributed by atoms with van der Waals surface area (Å²) in [7, 11) is 0. The molecule has 5 nitrogen and oxygen atoms in total. The van der Waals surface area contributed by atoms with Crippen molar-refractivity contribution in [2.24, 2.45) is 0 Å². The summed E-state index contributed by atoms with van der Waals surface area (Å²) < 4.78 is 0.736. The van der Waals surface area contributed by atoms with E-state index in [2.05, 4.69) is 21.2 Å². The lowest BCUT2D eigenvalue weighted by Gasteiger charge is -2.16. The molecule has 6 heteroatoms. The summed E-state index contributed by atoms with van der Waals surface area (Å²) in [6.45, 7) is -0.208. The Bertz CT molecular complexity index is 623. The number of nitrogens with one attached hydrogen (secondary N) is 1. The molecule has 1 aliphatic carbocycles. The molecule has 0 radical (unpaired) electrons. The smallest absolute Gasteiger partial charge is 0.262 e. The first-order valence-corrected chi connectivity index (χ1v) is 7.80. The molecule has 3 rings (SSSR count). The molecule has 1 heterocycles. The predicted molar refractivity (Wildman–Crippen MR) is 79.9 cm³/mol. The average molecular weight is 351 g/mol. The van der Waals surface area contributed by atoms with Gasteiger partial charge < -0.3 is 5.32 Å². The Kier molecular flexibility index (Phi) is 3.80. The maximum absolute atomic E-state index is 12.2. The van der Waals surface area contributed by atoms with E-state index >= 15 is 0 Å². The van der Waals surface area contributed by atoms with Crippen LogP contribution in [-0.2, 0) is 4.79 Å². The summed E-state index contributed by atoms with van der Waals surface area (Å²) in [5, 5.41) is 2.89. The predicted octanol–water partition coefficient (Wildman–Crippen LogP) is 2.10. The first-order valence-electron chi connectivity index (χ1n) is 7.01. The molecule has 0 atom stereocenters. The maximum Gasteiger partial charge on any atom is 0.262 e. The highest BCUT2D eigenvalue weighted by Crippen LogP contribution is 2.26. The molecule has 110 valence electrons. The van der Waals surface area contributed by atoms with E-state index in [0.29, 0.717) is 11.1 Å². The highest BCUT2D eigenvalue weighted by molar-refractivity contribution is 9.10. The first-order chi connectivity index (χ1) is 10.1. The van der Waals surface area contributed by atoms with Crippen LogP contribution in [0.4, 0.5) is 0 Å². The second-order valence-electron chi connectivity index (χ2n) is 5.44. The minimum Gasteiger partial charge on any atom is -0.352 e. The van der Waals surface area contributed by atoms with Crippen molar-refractivity contribution in [2.45, 2.75) is 31.7 Å². The topological polar surface area (TPSA) is 66.5 Å². The molecule has 1 saturated carbocycles. The lowest BCUT2D eigenvalue weighted by molar-refractivity contribution is -0.122. The minimum absolute atomic E-state index is 0.182. The van der Waals surface area contributed by atoms with Gasteiger partial charge in [-0.1, -0.05) is 28.8 Å². The van der Waals surface area contributed by atoms with Crippen LogP contribution in [0.3, 0.4) is 0 Å². The van der Waals surface area contributed by atoms with Gasteiger partial charge in [0.25, 0.3) is 11.8 Å². The fourth-order valence-electron chi connectivity index (χ4n) is 2.89. The molecule has 0 aromatic heterocycles. The summed E-state index contributed by atoms with van der Waals surface area (Å²) in [6.07, 6.45) is 4.18. The molecule has 1 aromatic rings. The van der Waals surface area contributed by atoms with Crippen LogP contribution in [0.25, 0.3) is 0 Å². The number of imide groups is 1. The van der Waals surface area contributed by atoms with Crippen molar-refractivity contribution in [1.82, 2.24) is 10.2 Å². The van der Waals surface area contributed by atoms with Crippen molar-refractivity contribution < 1.29 is 14.4 Å². The van der Waals surface area contributed by atoms with E-state index in [1.165, 1.54) is 0 Å². The Labute approximate surface area is 130 Å². The number of hydrogen-bond donors (Lipinski definition) is 1. The molecular formula is C15H15BrN2O3. The zero-order valence-corrected chi connectivity index (χ0v) is 13.0. The molecule has 0 spiro atoms. The highest BCUT2D eigenvalue weighted by atomic mass is 79.9. The molecule has 2 aliphatic rings. The van der Waals surface area contributed by atoms with Crippen LogP contribution < -0.4 is 5.32 Å². The van der Waals surface area contributed by atoms with Gasteiger partial charge in [-0.15, -0.1) is 0 Å². The number of rotatable bonds is 3. The summed E-state index contributed by atoms with van der Waals surface area (Å²) in [4.78, 5) is 37.5. The molecule has 1 aromatic carbocycles. The van der Waals surface area contributed by atoms with E-state index in [1.54, 1.807) is 18.2 Å². The molecule has 3 amide bonds. The third-order valence-corrected chi connectivity index (χ3v) is 4.45. The molecule has 0 unspecified atom stereocenters. The Morgan fingerprint density at radius 2 is 1.86 bits per heavy atom. The molecule has 0 bridgehead atoms. The van der Waals surface area contributed by atoms with Crippen molar-refractivity contribution >= 4 is 33.7 Å². The number of nitrogens with zero attached hydrogens (tertiary/aromatic N) is 1. The summed E-state index contributed by atoms with van der Waals surface area (Å²) in [5.74, 6) is -1.07. The van der Waals surface area contributed by atoms with Gasteiger partial charge >= 0.3 is 0 Å². The van der Waals surface area contributed by atoms with Gasteiger partial charge in [-0.05, 0) is 31.0 Å². The largest absolute Gasteiger partial charge is 0.352 e. The van der Waals surface area contributed by atoms with Crippen LogP contribution in [0.1, 0.15) is 46.4 Å². The van der Waals surface area contributed by atoms with Gasteiger partial charge in [-0.3, -0.25) is 19.3 Å². The van der Waals surface area contributed by atoms with Crippen LogP contribution >= 0.6 is 15.9 Å². The van der Waals surface area contributed by atoms with Crippen molar-refractivity contribution in [3.05, 3.63) is 33.8 Å². The van der Waals surface area contributed by atoms with Crippen LogP contribution in [0.15, 0.2) is 22.7 Å². The van der Waals surface area contributed by atoms with Gasteiger partial charge in [0.15, 0.2) is 0 Å². The zero-order valence-electron chi connectivity index (χ0n) is 11.4. The quantitative estimate of drug-likeness (QED) is 0.849. The number of amides is 3. The molecule has 21 heavy (non-hydrogen) atoms. The van der Waals surface area contributed by atoms with E-state index in [0.717, 1.165) is 35.1 Å². The monoisotopic (exact) mass is 350 g/mol. The third kappa shape index (κ3) is 2.72. The van der Waals surface area contributed by atoms with Gasteiger partial charge in [0.1, 0.15) is 6.54 Å². The van der Waals surface area contributed by atoms with E-state index in [4.69, 9.17) is 0 Å². The highest BCUT2D eigenvalue weighted by Gasteiger charge is 2.36. The molecule has 0 saturated heterocycles. The molecule has 1 fully saturated rings. The maximum atomic E-state index is 12.2. The molecule has 1 aliphatic heterocycles. The van der Waals surface area contributed by atoms with Gasteiger partial charge in [0, 0.05) is 10.5 Å². The Morgan fingerprint density at radius 1 is 1.19 bits per heavy atom.